The van der Waals surface area contributed by atoms with Gasteiger partial charge in [0.15, 0.2) is 4.34 Å². The lowest BCUT2D eigenvalue weighted by Crippen LogP contribution is -2.31. The van der Waals surface area contributed by atoms with Crippen molar-refractivity contribution in [2.45, 2.75) is 24.2 Å². The number of anilines is 2. The molecular weight excluding hydrogens is 370 g/mol. The van der Waals surface area contributed by atoms with Crippen LogP contribution < -0.4 is 16.0 Å². The van der Waals surface area contributed by atoms with E-state index in [9.17, 15) is 9.59 Å². The van der Waals surface area contributed by atoms with Crippen molar-refractivity contribution < 1.29 is 9.59 Å². The van der Waals surface area contributed by atoms with Crippen molar-refractivity contribution in [1.29, 1.82) is 0 Å². The molecule has 0 atom stereocenters. The molecule has 2 rings (SSSR count). The number of nitrogens with one attached hydrogen (secondary N) is 3. The van der Waals surface area contributed by atoms with Crippen LogP contribution >= 0.6 is 34.7 Å². The van der Waals surface area contributed by atoms with Gasteiger partial charge in [-0.2, -0.15) is 0 Å². The Morgan fingerprint density at radius 3 is 2.58 bits per heavy atom. The summed E-state index contributed by atoms with van der Waals surface area (Å²) in [4.78, 5) is 23.5. The van der Waals surface area contributed by atoms with Crippen LogP contribution in [0.5, 0.6) is 0 Å². The predicted octanol–water partition coefficient (Wildman–Crippen LogP) is 3.45. The Morgan fingerprint density at radius 1 is 1.21 bits per heavy atom. The van der Waals surface area contributed by atoms with E-state index >= 15 is 0 Å². The van der Waals surface area contributed by atoms with E-state index in [4.69, 9.17) is 11.6 Å². The van der Waals surface area contributed by atoms with E-state index in [2.05, 4.69) is 26.1 Å². The smallest absolute Gasteiger partial charge is 0.325 e. The first-order valence-corrected chi connectivity index (χ1v) is 9.19. The van der Waals surface area contributed by atoms with Crippen molar-refractivity contribution in [1.82, 2.24) is 15.5 Å². The molecule has 0 aliphatic heterocycles. The van der Waals surface area contributed by atoms with Gasteiger partial charge in [-0.15, -0.1) is 10.2 Å². The van der Waals surface area contributed by atoms with E-state index in [0.717, 1.165) is 0 Å². The maximum Gasteiger partial charge on any atom is 0.325 e. The molecule has 1 aromatic heterocycles. The second-order valence-corrected chi connectivity index (χ2v) is 7.61. The molecule has 24 heavy (non-hydrogen) atoms. The highest BCUT2D eigenvalue weighted by Gasteiger charge is 2.11. The zero-order chi connectivity index (χ0) is 17.5. The molecule has 10 heteroatoms. The van der Waals surface area contributed by atoms with Crippen molar-refractivity contribution in [3.63, 3.8) is 0 Å². The third-order valence-corrected chi connectivity index (χ3v) is 4.73. The normalized spacial score (nSPS) is 10.5. The van der Waals surface area contributed by atoms with Gasteiger partial charge in [0.25, 0.3) is 0 Å². The topological polar surface area (TPSA) is 96.0 Å². The Kier molecular flexibility index (Phi) is 6.83. The molecule has 0 fully saturated rings. The summed E-state index contributed by atoms with van der Waals surface area (Å²) in [5.74, 6) is 0.184. The minimum atomic E-state index is -0.428. The van der Waals surface area contributed by atoms with Crippen molar-refractivity contribution in [3.8, 4) is 0 Å². The van der Waals surface area contributed by atoms with Crippen LogP contribution in [0.2, 0.25) is 5.02 Å². The average Bonchev–Trinajstić information content (AvgIpc) is 2.94. The first-order chi connectivity index (χ1) is 11.4. The number of rotatable bonds is 6. The molecule has 0 unspecified atom stereocenters. The van der Waals surface area contributed by atoms with Crippen molar-refractivity contribution in [3.05, 3.63) is 29.3 Å². The Labute approximate surface area is 152 Å². The summed E-state index contributed by atoms with van der Waals surface area (Å²) in [5, 5.41) is 16.8. The molecule has 1 aromatic carbocycles. The fourth-order valence-electron chi connectivity index (χ4n) is 1.60. The fraction of sp³-hybridized carbons (Fsp3) is 0.286. The average molecular weight is 386 g/mol. The minimum Gasteiger partial charge on any atom is -0.353 e. The van der Waals surface area contributed by atoms with Gasteiger partial charge in [-0.3, -0.25) is 10.1 Å². The number of nitrogens with zero attached hydrogens (tertiary/aromatic N) is 2. The van der Waals surface area contributed by atoms with Crippen molar-refractivity contribution in [2.24, 2.45) is 0 Å². The van der Waals surface area contributed by atoms with Gasteiger partial charge in [0.05, 0.1) is 5.75 Å². The maximum atomic E-state index is 11.9. The standard InChI is InChI=1S/C14H16ClN5O2S2/c1-8(2)16-11(21)7-23-14-20-19-13(24-14)18-12(22)17-10-5-3-9(15)4-6-10/h3-6,8H,7H2,1-2H3,(H,16,21)(H2,17,18,19,22). The van der Waals surface area contributed by atoms with Gasteiger partial charge in [0.2, 0.25) is 11.0 Å². The summed E-state index contributed by atoms with van der Waals surface area (Å²) in [6, 6.07) is 6.41. The summed E-state index contributed by atoms with van der Waals surface area (Å²) in [6.45, 7) is 3.80. The molecule has 0 radical (unpaired) electrons. The first-order valence-electron chi connectivity index (χ1n) is 7.01. The number of thioether (sulfide) groups is 1. The van der Waals surface area contributed by atoms with E-state index < -0.39 is 6.03 Å². The quantitative estimate of drug-likeness (QED) is 0.522. The number of halogens is 1. The molecule has 0 aliphatic rings. The van der Waals surface area contributed by atoms with Gasteiger partial charge in [-0.1, -0.05) is 34.7 Å². The van der Waals surface area contributed by atoms with Gasteiger partial charge in [0, 0.05) is 16.8 Å². The molecule has 0 saturated carbocycles. The molecule has 128 valence electrons. The third kappa shape index (κ3) is 6.34. The number of carbonyl (C=O) groups excluding carboxylic acids is 2. The molecule has 3 N–H and O–H groups in total. The summed E-state index contributed by atoms with van der Waals surface area (Å²) in [5.41, 5.74) is 0.612. The maximum absolute atomic E-state index is 11.9. The molecule has 7 nitrogen and oxygen atoms in total. The van der Waals surface area contributed by atoms with Crippen LogP contribution in [0.25, 0.3) is 0 Å². The number of carbonyl (C=O) groups is 2. The second-order valence-electron chi connectivity index (χ2n) is 4.97. The van der Waals surface area contributed by atoms with E-state index in [1.54, 1.807) is 24.3 Å². The molecule has 1 heterocycles. The van der Waals surface area contributed by atoms with Crippen LogP contribution in [0.15, 0.2) is 28.6 Å². The van der Waals surface area contributed by atoms with E-state index in [1.165, 1.54) is 23.1 Å². The van der Waals surface area contributed by atoms with Gasteiger partial charge in [-0.25, -0.2) is 4.79 Å². The van der Waals surface area contributed by atoms with Gasteiger partial charge < -0.3 is 10.6 Å². The summed E-state index contributed by atoms with van der Waals surface area (Å²) >= 11 is 8.26. The number of hydrogen-bond acceptors (Lipinski definition) is 6. The predicted molar refractivity (Wildman–Crippen MR) is 98.0 cm³/mol. The Bertz CT molecular complexity index is 705. The summed E-state index contributed by atoms with van der Waals surface area (Å²) in [7, 11) is 0. The first kappa shape index (κ1) is 18.5. The van der Waals surface area contributed by atoms with Gasteiger partial charge in [-0.05, 0) is 38.1 Å². The Morgan fingerprint density at radius 2 is 1.92 bits per heavy atom. The van der Waals surface area contributed by atoms with E-state index in [0.29, 0.717) is 20.2 Å². The highest BCUT2D eigenvalue weighted by Crippen LogP contribution is 2.25. The fourth-order valence-corrected chi connectivity index (χ4v) is 3.29. The van der Waals surface area contributed by atoms with Crippen LogP contribution in [0.1, 0.15) is 13.8 Å². The molecule has 2 aromatic rings. The van der Waals surface area contributed by atoms with Gasteiger partial charge in [0.1, 0.15) is 0 Å². The highest BCUT2D eigenvalue weighted by atomic mass is 35.5. The lowest BCUT2D eigenvalue weighted by molar-refractivity contribution is -0.119. The highest BCUT2D eigenvalue weighted by molar-refractivity contribution is 8.01. The second kappa shape index (κ2) is 8.86. The monoisotopic (exact) mass is 385 g/mol. The van der Waals surface area contributed by atoms with Crippen molar-refractivity contribution in [2.75, 3.05) is 16.4 Å². The van der Waals surface area contributed by atoms with Crippen LogP contribution in [0, 0.1) is 0 Å². The molecule has 0 saturated heterocycles. The number of hydrogen-bond donors (Lipinski definition) is 3. The van der Waals surface area contributed by atoms with E-state index in [1.807, 2.05) is 13.8 Å². The number of urea groups is 1. The number of aromatic nitrogens is 2. The number of benzene rings is 1. The lowest BCUT2D eigenvalue weighted by Gasteiger charge is -2.06. The largest absolute Gasteiger partial charge is 0.353 e. The SMILES string of the molecule is CC(C)NC(=O)CSc1nnc(NC(=O)Nc2ccc(Cl)cc2)s1. The van der Waals surface area contributed by atoms with Crippen molar-refractivity contribution >= 4 is 57.5 Å². The molecule has 0 spiro atoms. The number of amides is 3. The summed E-state index contributed by atoms with van der Waals surface area (Å²) in [6.07, 6.45) is 0. The summed E-state index contributed by atoms with van der Waals surface area (Å²) < 4.78 is 0.607. The van der Waals surface area contributed by atoms with E-state index in [-0.39, 0.29) is 17.7 Å². The molecule has 0 bridgehead atoms. The Hall–Kier alpha value is -1.84. The molecular formula is C14H16ClN5O2S2. The van der Waals surface area contributed by atoms with Gasteiger partial charge >= 0.3 is 6.03 Å². The zero-order valence-corrected chi connectivity index (χ0v) is 15.4. The van der Waals surface area contributed by atoms with Crippen LogP contribution in [-0.4, -0.2) is 33.9 Å². The zero-order valence-electron chi connectivity index (χ0n) is 13.0. The Balaban J connectivity index is 1.81. The molecule has 3 amide bonds. The minimum absolute atomic E-state index is 0.0693. The van der Waals surface area contributed by atoms with Crippen LogP contribution in [-0.2, 0) is 4.79 Å². The third-order valence-electron chi connectivity index (χ3n) is 2.51. The van der Waals surface area contributed by atoms with Crippen LogP contribution in [0.3, 0.4) is 0 Å². The lowest BCUT2D eigenvalue weighted by atomic mass is 10.3. The molecule has 0 aliphatic carbocycles. The van der Waals surface area contributed by atoms with Crippen LogP contribution in [0.4, 0.5) is 15.6 Å².